The topological polar surface area (TPSA) is 48.1 Å². The summed E-state index contributed by atoms with van der Waals surface area (Å²) in [6.45, 7) is 3.34. The lowest BCUT2D eigenvalue weighted by Crippen LogP contribution is -2.45. The Balaban J connectivity index is 1.44. The van der Waals surface area contributed by atoms with Gasteiger partial charge in [-0.15, -0.1) is 0 Å². The third kappa shape index (κ3) is 6.48. The van der Waals surface area contributed by atoms with Crippen molar-refractivity contribution < 1.29 is 0 Å². The Morgan fingerprint density at radius 3 is 0.694 bits per heavy atom. The van der Waals surface area contributed by atoms with Crippen LogP contribution in [0.1, 0.15) is 46.4 Å². The molecule has 1 saturated heterocycles. The van der Waals surface area contributed by atoms with Gasteiger partial charge in [-0.25, -0.2) is 0 Å². The Bertz CT molecular complexity index is 946. The third-order valence-electron chi connectivity index (χ3n) is 7.08. The van der Waals surface area contributed by atoms with Gasteiger partial charge in [0.2, 0.25) is 0 Å². The van der Waals surface area contributed by atoms with Crippen LogP contribution in [0.2, 0.25) is 0 Å². The molecule has 0 bridgehead atoms. The molecule has 4 heteroatoms. The van der Waals surface area contributed by atoms with Crippen molar-refractivity contribution in [1.29, 1.82) is 0 Å². The molecule has 184 valence electrons. The fourth-order valence-corrected chi connectivity index (χ4v) is 5.01. The molecule has 0 aromatic heterocycles. The van der Waals surface area contributed by atoms with E-state index in [-0.39, 0.29) is 24.2 Å². The summed E-state index contributed by atoms with van der Waals surface area (Å²) in [5, 5.41) is 15.5. The van der Waals surface area contributed by atoms with E-state index >= 15 is 0 Å². The van der Waals surface area contributed by atoms with Crippen LogP contribution in [0, 0.1) is 0 Å². The van der Waals surface area contributed by atoms with E-state index in [0.717, 1.165) is 26.2 Å². The van der Waals surface area contributed by atoms with Gasteiger partial charge in [-0.05, 0) is 22.3 Å². The van der Waals surface area contributed by atoms with Crippen LogP contribution in [0.25, 0.3) is 0 Å². The summed E-state index contributed by atoms with van der Waals surface area (Å²) < 4.78 is 0. The van der Waals surface area contributed by atoms with Crippen LogP contribution in [0.4, 0.5) is 0 Å². The molecular weight excluding hydrogens is 440 g/mol. The molecule has 1 aliphatic rings. The molecule has 4 aromatic carbocycles. The lowest BCUT2D eigenvalue weighted by molar-refractivity contribution is 0.357. The van der Waals surface area contributed by atoms with Crippen LogP contribution >= 0.6 is 0 Å². The van der Waals surface area contributed by atoms with Crippen molar-refractivity contribution in [3.8, 4) is 0 Å². The average Bonchev–Trinajstić information content (AvgIpc) is 2.95. The van der Waals surface area contributed by atoms with Crippen LogP contribution in [0.3, 0.4) is 0 Å². The molecule has 36 heavy (non-hydrogen) atoms. The second-order valence-corrected chi connectivity index (χ2v) is 9.49. The minimum atomic E-state index is 0.203. The van der Waals surface area contributed by atoms with Crippen LogP contribution in [0.15, 0.2) is 121 Å². The van der Waals surface area contributed by atoms with E-state index in [1.165, 1.54) is 22.3 Å². The van der Waals surface area contributed by atoms with Gasteiger partial charge >= 0.3 is 0 Å². The Morgan fingerprint density at radius 2 is 0.500 bits per heavy atom. The fourth-order valence-electron chi connectivity index (χ4n) is 5.01. The molecule has 1 fully saturated rings. The van der Waals surface area contributed by atoms with Gasteiger partial charge < -0.3 is 21.3 Å². The normalized spacial score (nSPS) is 23.8. The summed E-state index contributed by atoms with van der Waals surface area (Å²) in [6.07, 6.45) is 0. The maximum absolute atomic E-state index is 3.88. The van der Waals surface area contributed by atoms with Gasteiger partial charge in [0.25, 0.3) is 0 Å². The van der Waals surface area contributed by atoms with Crippen molar-refractivity contribution >= 4 is 0 Å². The Morgan fingerprint density at radius 1 is 0.306 bits per heavy atom. The highest BCUT2D eigenvalue weighted by Gasteiger charge is 2.22. The Hall–Kier alpha value is -3.28. The molecule has 4 aromatic rings. The maximum atomic E-state index is 3.88. The summed E-state index contributed by atoms with van der Waals surface area (Å²) in [5.74, 6) is 0. The zero-order valence-electron chi connectivity index (χ0n) is 20.7. The van der Waals surface area contributed by atoms with E-state index < -0.39 is 0 Å². The summed E-state index contributed by atoms with van der Waals surface area (Å²) in [4.78, 5) is 0. The predicted octanol–water partition coefficient (Wildman–Crippen LogP) is 5.32. The molecule has 1 aliphatic heterocycles. The van der Waals surface area contributed by atoms with E-state index in [2.05, 4.69) is 143 Å². The molecule has 4 atom stereocenters. The number of nitrogens with one attached hydrogen (secondary N) is 4. The maximum Gasteiger partial charge on any atom is 0.0447 e. The highest BCUT2D eigenvalue weighted by atomic mass is 15.1. The first-order valence-electron chi connectivity index (χ1n) is 13.0. The van der Waals surface area contributed by atoms with Crippen molar-refractivity contribution in [2.75, 3.05) is 26.2 Å². The largest absolute Gasteiger partial charge is 0.307 e. The Kier molecular flexibility index (Phi) is 8.55. The first-order chi connectivity index (χ1) is 17.9. The number of rotatable bonds is 4. The smallest absolute Gasteiger partial charge is 0.0447 e. The molecular formula is C32H36N4. The van der Waals surface area contributed by atoms with Crippen LogP contribution in [0.5, 0.6) is 0 Å². The van der Waals surface area contributed by atoms with E-state index in [9.17, 15) is 0 Å². The molecule has 0 spiro atoms. The lowest BCUT2D eigenvalue weighted by Gasteiger charge is -2.31. The zero-order chi connectivity index (χ0) is 24.4. The summed E-state index contributed by atoms with van der Waals surface area (Å²) in [5.41, 5.74) is 5.21. The third-order valence-corrected chi connectivity index (χ3v) is 7.08. The van der Waals surface area contributed by atoms with Gasteiger partial charge in [0.1, 0.15) is 0 Å². The first kappa shape index (κ1) is 24.4. The van der Waals surface area contributed by atoms with Gasteiger partial charge in [0, 0.05) is 50.3 Å². The Labute approximate surface area is 215 Å². The SMILES string of the molecule is c1ccc(C2CNC(c3ccccc3)CNC(c3ccccc3)CNC(c3ccccc3)CN2)cc1. The quantitative estimate of drug-likeness (QED) is 0.322. The lowest BCUT2D eigenvalue weighted by atomic mass is 10.00. The summed E-state index contributed by atoms with van der Waals surface area (Å²) in [6, 6.07) is 43.9. The molecule has 4 nitrogen and oxygen atoms in total. The van der Waals surface area contributed by atoms with Crippen molar-refractivity contribution in [3.05, 3.63) is 144 Å². The molecule has 5 rings (SSSR count). The highest BCUT2D eigenvalue weighted by Crippen LogP contribution is 2.21. The molecule has 0 radical (unpaired) electrons. The molecule has 4 N–H and O–H groups in total. The van der Waals surface area contributed by atoms with Crippen molar-refractivity contribution in [2.45, 2.75) is 24.2 Å². The van der Waals surface area contributed by atoms with Gasteiger partial charge in [-0.2, -0.15) is 0 Å². The standard InChI is InChI=1S/C32H36N4/c1-5-13-25(14-6-1)29-21-34-31(27-17-9-3-10-18-27)23-36-32(28-19-11-4-12-20-28)24-35-30(22-33-29)26-15-7-2-8-16-26/h1-20,29-36H,21-24H2. The van der Waals surface area contributed by atoms with E-state index in [1.807, 2.05) is 0 Å². The van der Waals surface area contributed by atoms with Crippen LogP contribution in [-0.2, 0) is 0 Å². The van der Waals surface area contributed by atoms with Gasteiger partial charge in [-0.1, -0.05) is 121 Å². The van der Waals surface area contributed by atoms with Gasteiger partial charge in [0.05, 0.1) is 0 Å². The van der Waals surface area contributed by atoms with E-state index in [0.29, 0.717) is 0 Å². The van der Waals surface area contributed by atoms with Gasteiger partial charge in [-0.3, -0.25) is 0 Å². The molecule has 0 amide bonds. The second-order valence-electron chi connectivity index (χ2n) is 9.49. The predicted molar refractivity (Wildman–Crippen MR) is 149 cm³/mol. The monoisotopic (exact) mass is 476 g/mol. The molecule has 1 heterocycles. The zero-order valence-corrected chi connectivity index (χ0v) is 20.7. The summed E-state index contributed by atoms with van der Waals surface area (Å²) >= 11 is 0. The molecule has 4 unspecified atom stereocenters. The van der Waals surface area contributed by atoms with Crippen LogP contribution in [-0.4, -0.2) is 26.2 Å². The highest BCUT2D eigenvalue weighted by molar-refractivity contribution is 5.25. The number of hydrogen-bond donors (Lipinski definition) is 4. The van der Waals surface area contributed by atoms with E-state index in [4.69, 9.17) is 0 Å². The van der Waals surface area contributed by atoms with E-state index in [1.54, 1.807) is 0 Å². The van der Waals surface area contributed by atoms with Crippen LogP contribution < -0.4 is 21.3 Å². The average molecular weight is 477 g/mol. The van der Waals surface area contributed by atoms with Crippen molar-refractivity contribution in [1.82, 2.24) is 21.3 Å². The second kappa shape index (κ2) is 12.6. The minimum absolute atomic E-state index is 0.203. The van der Waals surface area contributed by atoms with Crippen molar-refractivity contribution in [2.24, 2.45) is 0 Å². The van der Waals surface area contributed by atoms with Crippen molar-refractivity contribution in [3.63, 3.8) is 0 Å². The number of benzene rings is 4. The molecule has 0 saturated carbocycles. The minimum Gasteiger partial charge on any atom is -0.307 e. The fraction of sp³-hybridized carbons (Fsp3) is 0.250. The molecule has 0 aliphatic carbocycles. The van der Waals surface area contributed by atoms with Gasteiger partial charge in [0.15, 0.2) is 0 Å². The number of hydrogen-bond acceptors (Lipinski definition) is 4. The summed E-state index contributed by atoms with van der Waals surface area (Å²) in [7, 11) is 0. The first-order valence-corrected chi connectivity index (χ1v) is 13.0.